The molecule has 1 N–H and O–H groups in total. The van der Waals surface area contributed by atoms with Crippen LogP contribution in [0.3, 0.4) is 0 Å². The highest BCUT2D eigenvalue weighted by Gasteiger charge is 2.34. The van der Waals surface area contributed by atoms with Gasteiger partial charge in [0.15, 0.2) is 0 Å². The maximum absolute atomic E-state index is 13.8. The summed E-state index contributed by atoms with van der Waals surface area (Å²) in [4.78, 5) is 23.6. The van der Waals surface area contributed by atoms with Crippen LogP contribution in [0.25, 0.3) is 11.0 Å². The molecule has 0 spiro atoms. The number of anilines is 1. The molecule has 0 radical (unpaired) electrons. The summed E-state index contributed by atoms with van der Waals surface area (Å²) in [5.74, 6) is -1.09. The van der Waals surface area contributed by atoms with Gasteiger partial charge in [0.05, 0.1) is 23.9 Å². The topological polar surface area (TPSA) is 67.3 Å². The highest BCUT2D eigenvalue weighted by atomic mass is 19.4. The first-order valence-electron chi connectivity index (χ1n) is 10.9. The van der Waals surface area contributed by atoms with Crippen LogP contribution < -0.4 is 10.1 Å². The second-order valence-electron chi connectivity index (χ2n) is 8.25. The summed E-state index contributed by atoms with van der Waals surface area (Å²) in [5, 5.41) is 2.95. The number of fused-ring (bicyclic) bond motifs is 1. The minimum Gasteiger partial charge on any atom is -0.481 e. The molecular weight excluding hydrogens is 452 g/mol. The van der Waals surface area contributed by atoms with Gasteiger partial charge in [-0.1, -0.05) is 6.07 Å². The Morgan fingerprint density at radius 1 is 1.18 bits per heavy atom. The zero-order valence-electron chi connectivity index (χ0n) is 18.5. The van der Waals surface area contributed by atoms with Crippen LogP contribution in [0.1, 0.15) is 24.0 Å². The van der Waals surface area contributed by atoms with Crippen molar-refractivity contribution in [3.63, 3.8) is 0 Å². The molecule has 0 unspecified atom stereocenters. The maximum Gasteiger partial charge on any atom is 0.419 e. The lowest BCUT2D eigenvalue weighted by Crippen LogP contribution is -2.39. The molecule has 34 heavy (non-hydrogen) atoms. The van der Waals surface area contributed by atoms with Gasteiger partial charge in [0, 0.05) is 24.7 Å². The number of piperidine rings is 1. The van der Waals surface area contributed by atoms with E-state index in [1.165, 1.54) is 13.2 Å². The number of nitrogens with one attached hydrogen (secondary N) is 1. The zero-order valence-corrected chi connectivity index (χ0v) is 18.5. The van der Waals surface area contributed by atoms with E-state index in [0.29, 0.717) is 67.1 Å². The fraction of sp³-hybridized carbons (Fsp3) is 0.375. The van der Waals surface area contributed by atoms with Crippen LogP contribution >= 0.6 is 0 Å². The summed E-state index contributed by atoms with van der Waals surface area (Å²) in [6, 6.07) is 8.23. The third-order valence-electron chi connectivity index (χ3n) is 6.04. The predicted octanol–water partition coefficient (Wildman–Crippen LogP) is 4.69. The van der Waals surface area contributed by atoms with Gasteiger partial charge in [-0.25, -0.2) is 9.37 Å². The van der Waals surface area contributed by atoms with E-state index in [-0.39, 0.29) is 11.8 Å². The average molecular weight is 476 g/mol. The number of hydrogen-bond acceptors (Lipinski definition) is 5. The minimum atomic E-state index is -4.70. The number of nitrogens with zero attached hydrogens (tertiary/aromatic N) is 3. The fourth-order valence-corrected chi connectivity index (χ4v) is 4.11. The minimum absolute atomic E-state index is 0.0958. The Morgan fingerprint density at radius 3 is 2.62 bits per heavy atom. The van der Waals surface area contributed by atoms with E-state index >= 15 is 0 Å². The number of halogens is 4. The van der Waals surface area contributed by atoms with E-state index in [0.717, 1.165) is 12.1 Å². The molecule has 4 rings (SSSR count). The molecule has 0 bridgehead atoms. The van der Waals surface area contributed by atoms with Crippen LogP contribution in [0, 0.1) is 11.7 Å². The number of carbonyl (C=O) groups is 1. The van der Waals surface area contributed by atoms with E-state index in [2.05, 4.69) is 20.2 Å². The van der Waals surface area contributed by atoms with Crippen LogP contribution in [0.4, 0.5) is 23.2 Å². The van der Waals surface area contributed by atoms with Gasteiger partial charge in [0.25, 0.3) is 0 Å². The molecule has 1 aromatic carbocycles. The average Bonchev–Trinajstić information content (AvgIpc) is 2.82. The van der Waals surface area contributed by atoms with Gasteiger partial charge in [-0.05, 0) is 62.2 Å². The molecule has 1 saturated heterocycles. The Labute approximate surface area is 193 Å². The summed E-state index contributed by atoms with van der Waals surface area (Å²) in [6.07, 6.45) is -1.36. The van der Waals surface area contributed by atoms with Crippen LogP contribution in [-0.4, -0.2) is 47.5 Å². The second-order valence-corrected chi connectivity index (χ2v) is 8.25. The number of hydrogen-bond donors (Lipinski definition) is 1. The molecule has 1 amide bonds. The molecule has 3 aromatic rings. The number of carbonyl (C=O) groups excluding carboxylic acids is 1. The Balaban J connectivity index is 1.31. The van der Waals surface area contributed by atoms with E-state index in [4.69, 9.17) is 4.74 Å². The molecule has 0 atom stereocenters. The molecular formula is C24H24F4N4O2. The van der Waals surface area contributed by atoms with Crippen molar-refractivity contribution in [3.05, 3.63) is 59.5 Å². The van der Waals surface area contributed by atoms with Crippen molar-refractivity contribution in [2.45, 2.75) is 25.4 Å². The first-order chi connectivity index (χ1) is 16.2. The van der Waals surface area contributed by atoms with E-state index < -0.39 is 17.6 Å². The molecule has 2 aromatic heterocycles. The number of amides is 1. The fourth-order valence-electron chi connectivity index (χ4n) is 4.11. The van der Waals surface area contributed by atoms with E-state index in [9.17, 15) is 22.4 Å². The van der Waals surface area contributed by atoms with Gasteiger partial charge in [-0.2, -0.15) is 13.2 Å². The lowest BCUT2D eigenvalue weighted by molar-refractivity contribution is -0.140. The van der Waals surface area contributed by atoms with Crippen LogP contribution in [0.2, 0.25) is 0 Å². The molecule has 1 fully saturated rings. The third kappa shape index (κ3) is 5.44. The molecule has 180 valence electrons. The van der Waals surface area contributed by atoms with Gasteiger partial charge in [-0.3, -0.25) is 9.78 Å². The van der Waals surface area contributed by atoms with Crippen LogP contribution in [0.5, 0.6) is 5.88 Å². The maximum atomic E-state index is 13.8. The molecule has 1 aliphatic rings. The Hall–Kier alpha value is -3.27. The van der Waals surface area contributed by atoms with Gasteiger partial charge in [0.2, 0.25) is 11.8 Å². The van der Waals surface area contributed by atoms with Crippen molar-refractivity contribution in [2.24, 2.45) is 5.92 Å². The number of ether oxygens (including phenoxy) is 1. The predicted molar refractivity (Wildman–Crippen MR) is 119 cm³/mol. The number of likely N-dealkylation sites (tertiary alicyclic amines) is 1. The van der Waals surface area contributed by atoms with Crippen LogP contribution in [0.15, 0.2) is 42.6 Å². The second kappa shape index (κ2) is 9.92. The highest BCUT2D eigenvalue weighted by molar-refractivity contribution is 6.00. The van der Waals surface area contributed by atoms with Crippen molar-refractivity contribution in [1.29, 1.82) is 0 Å². The van der Waals surface area contributed by atoms with Gasteiger partial charge < -0.3 is 15.0 Å². The van der Waals surface area contributed by atoms with Crippen molar-refractivity contribution >= 4 is 22.6 Å². The van der Waals surface area contributed by atoms with E-state index in [1.54, 1.807) is 24.4 Å². The van der Waals surface area contributed by atoms with Crippen molar-refractivity contribution in [2.75, 3.05) is 32.1 Å². The zero-order chi connectivity index (χ0) is 24.3. The first kappa shape index (κ1) is 23.9. The molecule has 0 aliphatic carbocycles. The summed E-state index contributed by atoms with van der Waals surface area (Å²) in [6.45, 7) is 1.92. The normalized spacial score (nSPS) is 15.4. The monoisotopic (exact) mass is 476 g/mol. The van der Waals surface area contributed by atoms with Crippen molar-refractivity contribution < 1.29 is 27.1 Å². The summed E-state index contributed by atoms with van der Waals surface area (Å²) >= 11 is 0. The molecule has 0 saturated carbocycles. The third-order valence-corrected chi connectivity index (χ3v) is 6.04. The summed E-state index contributed by atoms with van der Waals surface area (Å²) in [5.41, 5.74) is 1.03. The Kier molecular flexibility index (Phi) is 6.97. The number of benzene rings is 1. The molecule has 6 nitrogen and oxygen atoms in total. The van der Waals surface area contributed by atoms with Crippen molar-refractivity contribution in [3.8, 4) is 5.88 Å². The molecule has 10 heteroatoms. The number of rotatable bonds is 6. The summed E-state index contributed by atoms with van der Waals surface area (Å²) < 4.78 is 57.1. The first-order valence-corrected chi connectivity index (χ1v) is 10.9. The van der Waals surface area contributed by atoms with Gasteiger partial charge in [-0.15, -0.1) is 0 Å². The Morgan fingerprint density at radius 2 is 1.94 bits per heavy atom. The quantitative estimate of drug-likeness (QED) is 0.523. The lowest BCUT2D eigenvalue weighted by Gasteiger charge is -2.31. The lowest BCUT2D eigenvalue weighted by atomic mass is 9.95. The van der Waals surface area contributed by atoms with Crippen molar-refractivity contribution in [1.82, 2.24) is 14.9 Å². The number of alkyl halides is 3. The smallest absolute Gasteiger partial charge is 0.419 e. The van der Waals surface area contributed by atoms with Gasteiger partial charge >= 0.3 is 6.18 Å². The van der Waals surface area contributed by atoms with Crippen LogP contribution in [-0.2, 0) is 17.4 Å². The SMILES string of the molecule is COc1ccc2nccc(NC(=O)C3CCN(CCc4ccc(C(F)(F)F)c(F)c4)CC3)c2n1. The standard InChI is InChI=1S/C24H24F4N4O2/c1-34-21-5-4-19-22(31-21)20(6-10-29-19)30-23(33)16-8-12-32(13-9-16)11-7-15-2-3-17(18(25)14-15)24(26,27)28/h2-6,10,14,16H,7-9,11-13H2,1H3,(H,29,30,33). The van der Waals surface area contributed by atoms with Gasteiger partial charge in [0.1, 0.15) is 11.3 Å². The summed E-state index contributed by atoms with van der Waals surface area (Å²) in [7, 11) is 1.52. The number of methoxy groups -OCH3 is 1. The highest BCUT2D eigenvalue weighted by Crippen LogP contribution is 2.32. The van der Waals surface area contributed by atoms with E-state index in [1.807, 2.05) is 0 Å². The number of aromatic nitrogens is 2. The molecule has 3 heterocycles. The molecule has 1 aliphatic heterocycles. The largest absolute Gasteiger partial charge is 0.481 e. The number of pyridine rings is 2. The Bertz CT molecular complexity index is 1180.